The van der Waals surface area contributed by atoms with Gasteiger partial charge < -0.3 is 10.0 Å². The number of hydrogen-bond donors (Lipinski definition) is 1. The summed E-state index contributed by atoms with van der Waals surface area (Å²) in [6.07, 6.45) is 0.813. The predicted molar refractivity (Wildman–Crippen MR) is 155 cm³/mol. The number of rotatable bonds is 5. The van der Waals surface area contributed by atoms with Crippen LogP contribution in [0.2, 0.25) is 0 Å². The summed E-state index contributed by atoms with van der Waals surface area (Å²) in [5.41, 5.74) is 4.85. The molecule has 0 saturated heterocycles. The number of halogens is 2. The SMILES string of the molecule is Cc1ccnc(-c2cc(C(=O)N3C[C@@H](F)c4ccccc4[C@H]3C)nc3cc(-c4ccc([C@H]5C[C@@H]5C(=O)O)cc4F)nn23)c1. The molecule has 5 aromatic rings. The highest BCUT2D eigenvalue weighted by atomic mass is 19.1. The molecule has 0 unspecified atom stereocenters. The van der Waals surface area contributed by atoms with Crippen LogP contribution in [0.1, 0.15) is 64.2 Å². The van der Waals surface area contributed by atoms with Crippen LogP contribution in [0.25, 0.3) is 28.3 Å². The Morgan fingerprint density at radius 1 is 1.00 bits per heavy atom. The lowest BCUT2D eigenvalue weighted by molar-refractivity contribution is -0.138. The molecule has 0 bridgehead atoms. The molecule has 4 heterocycles. The van der Waals surface area contributed by atoms with Gasteiger partial charge in [-0.05, 0) is 78.8 Å². The Morgan fingerprint density at radius 3 is 2.51 bits per heavy atom. The minimum Gasteiger partial charge on any atom is -0.481 e. The van der Waals surface area contributed by atoms with Gasteiger partial charge in [0.1, 0.15) is 17.7 Å². The zero-order valence-electron chi connectivity index (χ0n) is 23.4. The minimum absolute atomic E-state index is 0.0972. The molecule has 2 aromatic carbocycles. The molecule has 1 amide bonds. The second-order valence-corrected chi connectivity index (χ2v) is 11.3. The molecule has 7 rings (SSSR count). The van der Waals surface area contributed by atoms with Gasteiger partial charge in [-0.25, -0.2) is 18.3 Å². The summed E-state index contributed by atoms with van der Waals surface area (Å²) < 4.78 is 32.1. The van der Waals surface area contributed by atoms with Gasteiger partial charge in [0.2, 0.25) is 0 Å². The number of carboxylic acid groups (broad SMARTS) is 1. The summed E-state index contributed by atoms with van der Waals surface area (Å²) in [4.78, 5) is 35.8. The van der Waals surface area contributed by atoms with Gasteiger partial charge in [-0.1, -0.05) is 30.3 Å². The lowest BCUT2D eigenvalue weighted by atomic mass is 9.92. The molecule has 4 atom stereocenters. The Morgan fingerprint density at radius 2 is 1.79 bits per heavy atom. The first-order valence-electron chi connectivity index (χ1n) is 14.1. The highest BCUT2D eigenvalue weighted by Crippen LogP contribution is 2.48. The van der Waals surface area contributed by atoms with E-state index in [0.29, 0.717) is 40.3 Å². The Balaban J connectivity index is 1.31. The minimum atomic E-state index is -1.33. The van der Waals surface area contributed by atoms with Gasteiger partial charge in [-0.15, -0.1) is 0 Å². The summed E-state index contributed by atoms with van der Waals surface area (Å²) in [5, 5.41) is 13.9. The molecule has 1 fully saturated rings. The van der Waals surface area contributed by atoms with Crippen molar-refractivity contribution in [3.8, 4) is 22.6 Å². The van der Waals surface area contributed by atoms with E-state index in [0.717, 1.165) is 11.1 Å². The topological polar surface area (TPSA) is 101 Å². The number of amides is 1. The first-order chi connectivity index (χ1) is 20.7. The maximum absolute atomic E-state index is 15.4. The molecular formula is C33H27F2N5O3. The first kappa shape index (κ1) is 26.9. The van der Waals surface area contributed by atoms with Gasteiger partial charge in [-0.2, -0.15) is 5.10 Å². The van der Waals surface area contributed by atoms with Gasteiger partial charge in [0.25, 0.3) is 5.91 Å². The fourth-order valence-corrected chi connectivity index (χ4v) is 6.06. The number of alkyl halides is 1. The second-order valence-electron chi connectivity index (χ2n) is 11.3. The van der Waals surface area contributed by atoms with Crippen molar-refractivity contribution in [2.75, 3.05) is 6.54 Å². The van der Waals surface area contributed by atoms with Crippen molar-refractivity contribution in [3.63, 3.8) is 0 Å². The van der Waals surface area contributed by atoms with Crippen molar-refractivity contribution < 1.29 is 23.5 Å². The third-order valence-electron chi connectivity index (χ3n) is 8.50. The Kier molecular flexibility index (Phi) is 6.30. The van der Waals surface area contributed by atoms with Gasteiger partial charge in [0.15, 0.2) is 5.65 Å². The molecule has 1 saturated carbocycles. The summed E-state index contributed by atoms with van der Waals surface area (Å²) in [6, 6.07) is 18.4. The fraction of sp³-hybridized carbons (Fsp3) is 0.242. The van der Waals surface area contributed by atoms with Crippen LogP contribution >= 0.6 is 0 Å². The number of nitrogens with zero attached hydrogens (tertiary/aromatic N) is 5. The van der Waals surface area contributed by atoms with Crippen molar-refractivity contribution in [2.45, 2.75) is 38.4 Å². The number of fused-ring (bicyclic) bond motifs is 2. The number of hydrogen-bond acceptors (Lipinski definition) is 5. The number of aryl methyl sites for hydroxylation is 1. The van der Waals surface area contributed by atoms with E-state index in [1.165, 1.54) is 15.5 Å². The molecular weight excluding hydrogens is 552 g/mol. The lowest BCUT2D eigenvalue weighted by Crippen LogP contribution is -2.40. The number of benzene rings is 2. The smallest absolute Gasteiger partial charge is 0.307 e. The summed E-state index contributed by atoms with van der Waals surface area (Å²) in [6.45, 7) is 3.69. The zero-order chi connectivity index (χ0) is 30.0. The van der Waals surface area contributed by atoms with Crippen molar-refractivity contribution in [3.05, 3.63) is 107 Å². The predicted octanol–water partition coefficient (Wildman–Crippen LogP) is 6.32. The maximum atomic E-state index is 15.4. The third-order valence-corrected chi connectivity index (χ3v) is 8.50. The fourth-order valence-electron chi connectivity index (χ4n) is 6.06. The summed E-state index contributed by atoms with van der Waals surface area (Å²) in [7, 11) is 0. The van der Waals surface area contributed by atoms with Crippen LogP contribution in [-0.4, -0.2) is 48.0 Å². The Bertz CT molecular complexity index is 1940. The number of aromatic nitrogens is 4. The molecule has 0 spiro atoms. The average Bonchev–Trinajstić information content (AvgIpc) is 3.70. The normalized spacial score (nSPS) is 21.1. The average molecular weight is 580 g/mol. The number of carbonyl (C=O) groups is 2. The quantitative estimate of drug-likeness (QED) is 0.262. The molecule has 216 valence electrons. The molecule has 10 heteroatoms. The van der Waals surface area contributed by atoms with Gasteiger partial charge in [-0.3, -0.25) is 14.6 Å². The number of pyridine rings is 1. The van der Waals surface area contributed by atoms with Crippen LogP contribution in [0, 0.1) is 18.7 Å². The standard InChI is InChI=1S/C33H27F2N5O3/c1-17-9-10-36-28(11-17)30-14-29(32(41)39-16-26(35)21-6-4-3-5-20(21)18(39)2)37-31-15-27(38-40(30)31)22-8-7-19(12-25(22)34)23-13-24(23)33(42)43/h3-12,14-15,18,23-24,26H,13,16H2,1-2H3,(H,42,43)/t18-,23-,24+,26-/m1/s1. The molecule has 3 aromatic heterocycles. The molecule has 2 aliphatic rings. The highest BCUT2D eigenvalue weighted by molar-refractivity contribution is 5.94. The second kappa shape index (κ2) is 10.1. The van der Waals surface area contributed by atoms with Crippen LogP contribution in [0.5, 0.6) is 0 Å². The molecule has 1 aliphatic heterocycles. The third kappa shape index (κ3) is 4.63. The number of aliphatic carboxylic acids is 1. The van der Waals surface area contributed by atoms with E-state index in [9.17, 15) is 14.7 Å². The van der Waals surface area contributed by atoms with E-state index in [2.05, 4.69) is 15.1 Å². The van der Waals surface area contributed by atoms with Crippen molar-refractivity contribution in [2.24, 2.45) is 5.92 Å². The van der Waals surface area contributed by atoms with Crippen LogP contribution in [0.15, 0.2) is 72.9 Å². The van der Waals surface area contributed by atoms with Gasteiger partial charge in [0, 0.05) is 17.8 Å². The molecule has 1 N–H and O–H groups in total. The van der Waals surface area contributed by atoms with E-state index in [1.54, 1.807) is 42.6 Å². The van der Waals surface area contributed by atoms with Gasteiger partial charge in [0.05, 0.1) is 35.6 Å². The van der Waals surface area contributed by atoms with Crippen LogP contribution < -0.4 is 0 Å². The van der Waals surface area contributed by atoms with E-state index in [4.69, 9.17) is 0 Å². The number of carboxylic acids is 1. The highest BCUT2D eigenvalue weighted by Gasteiger charge is 2.44. The monoisotopic (exact) mass is 579 g/mol. The Hall–Kier alpha value is -4.99. The van der Waals surface area contributed by atoms with Crippen molar-refractivity contribution in [1.29, 1.82) is 0 Å². The van der Waals surface area contributed by atoms with E-state index in [-0.39, 0.29) is 29.8 Å². The van der Waals surface area contributed by atoms with Crippen LogP contribution in [0.4, 0.5) is 8.78 Å². The number of carbonyl (C=O) groups excluding carboxylic acids is 1. The lowest BCUT2D eigenvalue weighted by Gasteiger charge is -2.36. The summed E-state index contributed by atoms with van der Waals surface area (Å²) in [5.74, 6) is -2.54. The molecule has 1 aliphatic carbocycles. The van der Waals surface area contributed by atoms with E-state index in [1.807, 2.05) is 38.1 Å². The Labute approximate surface area is 245 Å². The van der Waals surface area contributed by atoms with E-state index < -0.39 is 29.8 Å². The van der Waals surface area contributed by atoms with Gasteiger partial charge >= 0.3 is 5.97 Å². The van der Waals surface area contributed by atoms with Crippen LogP contribution in [-0.2, 0) is 4.79 Å². The van der Waals surface area contributed by atoms with E-state index >= 15 is 8.78 Å². The van der Waals surface area contributed by atoms with Crippen molar-refractivity contribution in [1.82, 2.24) is 24.5 Å². The van der Waals surface area contributed by atoms with Crippen molar-refractivity contribution >= 4 is 17.5 Å². The molecule has 0 radical (unpaired) electrons. The maximum Gasteiger partial charge on any atom is 0.307 e. The summed E-state index contributed by atoms with van der Waals surface area (Å²) >= 11 is 0. The molecule has 8 nitrogen and oxygen atoms in total. The molecule has 43 heavy (non-hydrogen) atoms. The zero-order valence-corrected chi connectivity index (χ0v) is 23.4. The van der Waals surface area contributed by atoms with Crippen LogP contribution in [0.3, 0.4) is 0 Å². The largest absolute Gasteiger partial charge is 0.481 e. The first-order valence-corrected chi connectivity index (χ1v) is 14.1.